The number of aromatic nitrogens is 3. The predicted molar refractivity (Wildman–Crippen MR) is 67.4 cm³/mol. The Morgan fingerprint density at radius 1 is 1.47 bits per heavy atom. The molecule has 5 nitrogen and oxygen atoms in total. The Morgan fingerprint density at radius 3 is 2.76 bits per heavy atom. The molecule has 0 spiro atoms. The summed E-state index contributed by atoms with van der Waals surface area (Å²) in [6.07, 6.45) is 0. The smallest absolute Gasteiger partial charge is 0.295 e. The summed E-state index contributed by atoms with van der Waals surface area (Å²) in [5, 5.41) is 13.2. The number of thiophene rings is 1. The lowest BCUT2D eigenvalue weighted by Gasteiger charge is -2.12. The van der Waals surface area contributed by atoms with Gasteiger partial charge in [-0.1, -0.05) is 20.8 Å². The zero-order valence-electron chi connectivity index (χ0n) is 9.94. The van der Waals surface area contributed by atoms with E-state index in [2.05, 4.69) is 20.5 Å². The van der Waals surface area contributed by atoms with E-state index < -0.39 is 0 Å². The lowest BCUT2D eigenvalue weighted by molar-refractivity contribution is 0.101. The molecule has 0 aliphatic carbocycles. The number of nitrogens with zero attached hydrogens (tertiary/aromatic N) is 2. The molecule has 0 bridgehead atoms. The number of carbonyl (C=O) groups is 1. The van der Waals surface area contributed by atoms with Crippen LogP contribution in [0, 0.1) is 0 Å². The number of nitrogens with one attached hydrogen (secondary N) is 2. The molecule has 0 fully saturated rings. The summed E-state index contributed by atoms with van der Waals surface area (Å²) in [5.74, 6) is 0.573. The maximum absolute atomic E-state index is 11.8. The molecule has 2 aromatic rings. The molecule has 0 saturated carbocycles. The van der Waals surface area contributed by atoms with Crippen molar-refractivity contribution in [3.63, 3.8) is 0 Å². The minimum Gasteiger partial charge on any atom is -0.318 e. The SMILES string of the molecule is CC(C)(C)c1nc(C(=O)Nc2ccsc2)n[nH]1. The molecule has 0 atom stereocenters. The molecule has 0 aliphatic rings. The molecule has 90 valence electrons. The quantitative estimate of drug-likeness (QED) is 0.859. The van der Waals surface area contributed by atoms with Crippen LogP contribution in [0.1, 0.15) is 37.2 Å². The number of carbonyl (C=O) groups excluding carboxylic acids is 1. The monoisotopic (exact) mass is 250 g/mol. The topological polar surface area (TPSA) is 70.7 Å². The zero-order valence-corrected chi connectivity index (χ0v) is 10.8. The van der Waals surface area contributed by atoms with Gasteiger partial charge in [-0.2, -0.15) is 11.3 Å². The van der Waals surface area contributed by atoms with Gasteiger partial charge in [-0.15, -0.1) is 5.10 Å². The molecule has 6 heteroatoms. The highest BCUT2D eigenvalue weighted by atomic mass is 32.1. The highest BCUT2D eigenvalue weighted by Gasteiger charge is 2.21. The van der Waals surface area contributed by atoms with Crippen LogP contribution in [0.5, 0.6) is 0 Å². The first-order valence-corrected chi connectivity index (χ1v) is 6.17. The van der Waals surface area contributed by atoms with Crippen LogP contribution < -0.4 is 5.32 Å². The standard InChI is InChI=1S/C11H14N4OS/c1-11(2,3)10-13-8(14-15-10)9(16)12-7-4-5-17-6-7/h4-6H,1-3H3,(H,12,16)(H,13,14,15). The minimum atomic E-state index is -0.296. The van der Waals surface area contributed by atoms with Gasteiger partial charge in [0.05, 0.1) is 5.69 Å². The van der Waals surface area contributed by atoms with Gasteiger partial charge < -0.3 is 5.32 Å². The van der Waals surface area contributed by atoms with Crippen LogP contribution in [-0.2, 0) is 5.41 Å². The molecule has 0 radical (unpaired) electrons. The van der Waals surface area contributed by atoms with E-state index in [9.17, 15) is 4.79 Å². The summed E-state index contributed by atoms with van der Waals surface area (Å²) < 4.78 is 0. The van der Waals surface area contributed by atoms with Gasteiger partial charge in [0.2, 0.25) is 5.82 Å². The van der Waals surface area contributed by atoms with E-state index >= 15 is 0 Å². The van der Waals surface area contributed by atoms with Gasteiger partial charge in [0.15, 0.2) is 0 Å². The van der Waals surface area contributed by atoms with E-state index in [4.69, 9.17) is 0 Å². The van der Waals surface area contributed by atoms with Crippen LogP contribution in [0.25, 0.3) is 0 Å². The van der Waals surface area contributed by atoms with E-state index in [1.807, 2.05) is 37.6 Å². The number of rotatable bonds is 2. The molecular formula is C11H14N4OS. The fraction of sp³-hybridized carbons (Fsp3) is 0.364. The number of H-pyrrole nitrogens is 1. The maximum atomic E-state index is 11.8. The number of aromatic amines is 1. The number of amides is 1. The van der Waals surface area contributed by atoms with Crippen molar-refractivity contribution >= 4 is 22.9 Å². The van der Waals surface area contributed by atoms with Gasteiger partial charge in [-0.05, 0) is 11.4 Å². The molecule has 17 heavy (non-hydrogen) atoms. The lowest BCUT2D eigenvalue weighted by Crippen LogP contribution is -2.15. The van der Waals surface area contributed by atoms with Crippen LogP contribution >= 0.6 is 11.3 Å². The Bertz CT molecular complexity index is 510. The van der Waals surface area contributed by atoms with Crippen LogP contribution in [0.4, 0.5) is 5.69 Å². The number of anilines is 1. The Kier molecular flexibility index (Phi) is 2.97. The molecule has 2 heterocycles. The van der Waals surface area contributed by atoms with Crippen LogP contribution in [0.2, 0.25) is 0 Å². The second-order valence-corrected chi connectivity index (χ2v) is 5.50. The highest BCUT2D eigenvalue weighted by Crippen LogP contribution is 2.18. The third kappa shape index (κ3) is 2.71. The molecule has 0 saturated heterocycles. The van der Waals surface area contributed by atoms with Crippen LogP contribution in [-0.4, -0.2) is 21.1 Å². The van der Waals surface area contributed by atoms with E-state index in [0.29, 0.717) is 5.82 Å². The molecule has 0 aromatic carbocycles. The third-order valence-electron chi connectivity index (χ3n) is 2.18. The summed E-state index contributed by atoms with van der Waals surface area (Å²) in [6, 6.07) is 1.83. The van der Waals surface area contributed by atoms with Gasteiger partial charge in [-0.25, -0.2) is 4.98 Å². The Hall–Kier alpha value is -1.69. The fourth-order valence-corrected chi connectivity index (χ4v) is 1.81. The van der Waals surface area contributed by atoms with E-state index in [-0.39, 0.29) is 17.1 Å². The predicted octanol–water partition coefficient (Wildman–Crippen LogP) is 2.42. The van der Waals surface area contributed by atoms with E-state index in [1.165, 1.54) is 11.3 Å². The molecule has 2 aromatic heterocycles. The van der Waals surface area contributed by atoms with Crippen molar-refractivity contribution in [1.29, 1.82) is 0 Å². The largest absolute Gasteiger partial charge is 0.318 e. The van der Waals surface area contributed by atoms with E-state index in [0.717, 1.165) is 5.69 Å². The normalized spacial score (nSPS) is 11.5. The maximum Gasteiger partial charge on any atom is 0.295 e. The Morgan fingerprint density at radius 2 is 2.24 bits per heavy atom. The first-order valence-electron chi connectivity index (χ1n) is 5.23. The third-order valence-corrected chi connectivity index (χ3v) is 2.86. The molecule has 0 aliphatic heterocycles. The van der Waals surface area contributed by atoms with Gasteiger partial charge in [0, 0.05) is 10.8 Å². The second kappa shape index (κ2) is 4.29. The van der Waals surface area contributed by atoms with Crippen molar-refractivity contribution in [3.8, 4) is 0 Å². The van der Waals surface area contributed by atoms with Crippen molar-refractivity contribution in [1.82, 2.24) is 15.2 Å². The molecule has 1 amide bonds. The Labute approximate surface area is 103 Å². The van der Waals surface area contributed by atoms with Gasteiger partial charge in [0.1, 0.15) is 5.82 Å². The van der Waals surface area contributed by atoms with Crippen molar-refractivity contribution < 1.29 is 4.79 Å². The van der Waals surface area contributed by atoms with Crippen molar-refractivity contribution in [3.05, 3.63) is 28.5 Å². The first kappa shape index (κ1) is 11.8. The zero-order chi connectivity index (χ0) is 12.5. The molecular weight excluding hydrogens is 236 g/mol. The van der Waals surface area contributed by atoms with Gasteiger partial charge in [0.25, 0.3) is 5.91 Å². The highest BCUT2D eigenvalue weighted by molar-refractivity contribution is 7.08. The fourth-order valence-electron chi connectivity index (χ4n) is 1.22. The lowest BCUT2D eigenvalue weighted by atomic mass is 9.96. The molecule has 2 N–H and O–H groups in total. The summed E-state index contributed by atoms with van der Waals surface area (Å²) in [5.41, 5.74) is 0.621. The summed E-state index contributed by atoms with van der Waals surface area (Å²) in [7, 11) is 0. The summed E-state index contributed by atoms with van der Waals surface area (Å²) in [4.78, 5) is 16.0. The molecule has 2 rings (SSSR count). The summed E-state index contributed by atoms with van der Waals surface area (Å²) >= 11 is 1.52. The Balaban J connectivity index is 2.13. The van der Waals surface area contributed by atoms with Crippen molar-refractivity contribution in [2.75, 3.05) is 5.32 Å². The van der Waals surface area contributed by atoms with Crippen LogP contribution in [0.3, 0.4) is 0 Å². The first-order chi connectivity index (χ1) is 7.97. The second-order valence-electron chi connectivity index (χ2n) is 4.72. The summed E-state index contributed by atoms with van der Waals surface area (Å²) in [6.45, 7) is 6.02. The molecule has 0 unspecified atom stereocenters. The minimum absolute atomic E-state index is 0.145. The van der Waals surface area contributed by atoms with Gasteiger partial charge >= 0.3 is 0 Å². The number of hydrogen-bond donors (Lipinski definition) is 2. The average Bonchev–Trinajstić information content (AvgIpc) is 2.85. The average molecular weight is 250 g/mol. The van der Waals surface area contributed by atoms with Crippen molar-refractivity contribution in [2.45, 2.75) is 26.2 Å². The van der Waals surface area contributed by atoms with Gasteiger partial charge in [-0.3, -0.25) is 9.89 Å². The van der Waals surface area contributed by atoms with Crippen LogP contribution in [0.15, 0.2) is 16.8 Å². The number of hydrogen-bond acceptors (Lipinski definition) is 4. The van der Waals surface area contributed by atoms with Crippen molar-refractivity contribution in [2.24, 2.45) is 0 Å². The van der Waals surface area contributed by atoms with E-state index in [1.54, 1.807) is 0 Å².